The van der Waals surface area contributed by atoms with Crippen molar-refractivity contribution in [2.24, 2.45) is 0 Å². The molecule has 4 heterocycles. The van der Waals surface area contributed by atoms with Crippen molar-refractivity contribution in [3.63, 3.8) is 0 Å². The van der Waals surface area contributed by atoms with E-state index >= 15 is 0 Å². The highest BCUT2D eigenvalue weighted by atomic mass is 35.5. The molecule has 9 heteroatoms. The maximum absolute atomic E-state index is 9.00. The number of halogens is 2. The maximum atomic E-state index is 9.00. The molecular weight excluding hydrogens is 375 g/mol. The van der Waals surface area contributed by atoms with Crippen molar-refractivity contribution in [1.29, 1.82) is 0 Å². The van der Waals surface area contributed by atoms with Gasteiger partial charge in [-0.15, -0.1) is 12.4 Å². The van der Waals surface area contributed by atoms with E-state index in [4.69, 9.17) is 16.7 Å². The smallest absolute Gasteiger partial charge is 0.229 e. The molecule has 2 fully saturated rings. The Labute approximate surface area is 163 Å². The average molecular weight is 397 g/mol. The molecule has 2 atom stereocenters. The molecule has 4 rings (SSSR count). The molecular formula is C17H22Cl2N6O. The van der Waals surface area contributed by atoms with E-state index in [1.54, 1.807) is 18.5 Å². The second-order valence-corrected chi connectivity index (χ2v) is 6.94. The van der Waals surface area contributed by atoms with Crippen molar-refractivity contribution in [3.8, 4) is 0 Å². The second-order valence-electron chi connectivity index (χ2n) is 6.53. The summed E-state index contributed by atoms with van der Waals surface area (Å²) in [6.07, 6.45) is 6.36. The standard InChI is InChI=1S/C17H21ClN6O.ClH/c18-14-7-13(8-20-15(14)4-6-25)22-17-19-5-3-16(23-17)24-9-11-1-2-12(10-24)21-11;/h3,5,7-8,11-12,21,25H,1-2,4,6,9-10H2,(H,19,22,23);1H/t11-,12+;. The first-order valence-electron chi connectivity index (χ1n) is 8.57. The third-order valence-corrected chi connectivity index (χ3v) is 5.03. The first kappa shape index (κ1) is 19.1. The molecule has 0 amide bonds. The Bertz CT molecular complexity index is 750. The molecule has 2 saturated heterocycles. The van der Waals surface area contributed by atoms with Crippen LogP contribution in [0, 0.1) is 0 Å². The molecule has 0 saturated carbocycles. The number of hydrogen-bond donors (Lipinski definition) is 3. The van der Waals surface area contributed by atoms with E-state index in [0.717, 1.165) is 24.6 Å². The number of aromatic nitrogens is 3. The van der Waals surface area contributed by atoms with E-state index in [1.807, 2.05) is 6.07 Å². The van der Waals surface area contributed by atoms with Crippen molar-refractivity contribution >= 4 is 41.5 Å². The lowest BCUT2D eigenvalue weighted by Gasteiger charge is -2.33. The number of fused-ring (bicyclic) bond motifs is 2. The number of piperazine rings is 1. The van der Waals surface area contributed by atoms with Crippen molar-refractivity contribution in [1.82, 2.24) is 20.3 Å². The van der Waals surface area contributed by atoms with Gasteiger partial charge in [0.1, 0.15) is 5.82 Å². The summed E-state index contributed by atoms with van der Waals surface area (Å²) in [6.45, 7) is 1.99. The molecule has 0 spiro atoms. The number of rotatable bonds is 5. The number of nitrogens with one attached hydrogen (secondary N) is 2. The van der Waals surface area contributed by atoms with E-state index in [9.17, 15) is 0 Å². The van der Waals surface area contributed by atoms with Crippen LogP contribution in [0.2, 0.25) is 5.02 Å². The zero-order valence-electron chi connectivity index (χ0n) is 14.2. The fourth-order valence-electron chi connectivity index (χ4n) is 3.52. The van der Waals surface area contributed by atoms with E-state index in [0.29, 0.717) is 35.2 Å². The van der Waals surface area contributed by atoms with E-state index < -0.39 is 0 Å². The molecule has 26 heavy (non-hydrogen) atoms. The number of hydrogen-bond acceptors (Lipinski definition) is 7. The van der Waals surface area contributed by atoms with Crippen LogP contribution in [0.1, 0.15) is 18.5 Å². The van der Waals surface area contributed by atoms with Crippen molar-refractivity contribution in [3.05, 3.63) is 35.2 Å². The molecule has 2 aliphatic rings. The second kappa shape index (κ2) is 8.35. The zero-order chi connectivity index (χ0) is 17.2. The van der Waals surface area contributed by atoms with Gasteiger partial charge in [0.25, 0.3) is 0 Å². The number of nitrogens with zero attached hydrogens (tertiary/aromatic N) is 4. The highest BCUT2D eigenvalue weighted by Gasteiger charge is 2.32. The summed E-state index contributed by atoms with van der Waals surface area (Å²) in [4.78, 5) is 15.5. The molecule has 0 unspecified atom stereocenters. The van der Waals surface area contributed by atoms with Crippen LogP contribution in [0.15, 0.2) is 24.5 Å². The Morgan fingerprint density at radius 1 is 1.27 bits per heavy atom. The van der Waals surface area contributed by atoms with Gasteiger partial charge in [0.15, 0.2) is 0 Å². The molecule has 3 N–H and O–H groups in total. The summed E-state index contributed by atoms with van der Waals surface area (Å²) in [5.74, 6) is 1.46. The monoisotopic (exact) mass is 396 g/mol. The first-order chi connectivity index (χ1) is 12.2. The van der Waals surface area contributed by atoms with Crippen LogP contribution in [0.5, 0.6) is 0 Å². The van der Waals surface area contributed by atoms with Gasteiger partial charge in [-0.05, 0) is 25.0 Å². The predicted octanol–water partition coefficient (Wildman–Crippen LogP) is 2.17. The molecule has 140 valence electrons. The van der Waals surface area contributed by atoms with Gasteiger partial charge in [0.05, 0.1) is 22.6 Å². The largest absolute Gasteiger partial charge is 0.396 e. The normalized spacial score (nSPS) is 21.4. The van der Waals surface area contributed by atoms with Gasteiger partial charge >= 0.3 is 0 Å². The van der Waals surface area contributed by atoms with Crippen LogP contribution < -0.4 is 15.5 Å². The predicted molar refractivity (Wildman–Crippen MR) is 105 cm³/mol. The summed E-state index contributed by atoms with van der Waals surface area (Å²) in [5, 5.41) is 16.3. The molecule has 0 aliphatic carbocycles. The fraction of sp³-hybridized carbons (Fsp3) is 0.471. The molecule has 2 aromatic heterocycles. The van der Waals surface area contributed by atoms with Crippen molar-refractivity contribution < 1.29 is 5.11 Å². The van der Waals surface area contributed by atoms with Gasteiger partial charge in [-0.25, -0.2) is 4.98 Å². The van der Waals surface area contributed by atoms with E-state index in [-0.39, 0.29) is 19.0 Å². The summed E-state index contributed by atoms with van der Waals surface area (Å²) in [6, 6.07) is 4.85. The minimum absolute atomic E-state index is 0. The van der Waals surface area contributed by atoms with Crippen LogP contribution in [-0.4, -0.2) is 51.8 Å². The molecule has 2 aliphatic heterocycles. The maximum Gasteiger partial charge on any atom is 0.229 e. The fourth-order valence-corrected chi connectivity index (χ4v) is 3.78. The van der Waals surface area contributed by atoms with Gasteiger partial charge in [-0.1, -0.05) is 11.6 Å². The van der Waals surface area contributed by atoms with Crippen LogP contribution in [-0.2, 0) is 6.42 Å². The zero-order valence-corrected chi connectivity index (χ0v) is 15.8. The molecule has 0 aromatic carbocycles. The third kappa shape index (κ3) is 4.17. The molecule has 0 radical (unpaired) electrons. The van der Waals surface area contributed by atoms with Gasteiger partial charge in [-0.2, -0.15) is 4.98 Å². The van der Waals surface area contributed by atoms with Gasteiger partial charge in [0.2, 0.25) is 5.95 Å². The van der Waals surface area contributed by atoms with Gasteiger partial charge in [0, 0.05) is 44.4 Å². The Morgan fingerprint density at radius 2 is 2.04 bits per heavy atom. The van der Waals surface area contributed by atoms with Crippen LogP contribution >= 0.6 is 24.0 Å². The quantitative estimate of drug-likeness (QED) is 0.713. The number of aliphatic hydroxyl groups is 1. The number of aliphatic hydroxyl groups excluding tert-OH is 1. The lowest BCUT2D eigenvalue weighted by atomic mass is 10.2. The summed E-state index contributed by atoms with van der Waals surface area (Å²) >= 11 is 6.20. The number of anilines is 3. The summed E-state index contributed by atoms with van der Waals surface area (Å²) in [7, 11) is 0. The van der Waals surface area contributed by atoms with E-state index in [1.165, 1.54) is 12.8 Å². The Hall–Kier alpha value is -1.67. The highest BCUT2D eigenvalue weighted by Crippen LogP contribution is 2.25. The van der Waals surface area contributed by atoms with Crippen molar-refractivity contribution in [2.75, 3.05) is 29.9 Å². The minimum atomic E-state index is 0. The van der Waals surface area contributed by atoms with Crippen molar-refractivity contribution in [2.45, 2.75) is 31.3 Å². The van der Waals surface area contributed by atoms with Gasteiger partial charge in [-0.3, -0.25) is 4.98 Å². The first-order valence-corrected chi connectivity index (χ1v) is 8.95. The lowest BCUT2D eigenvalue weighted by Crippen LogP contribution is -2.51. The van der Waals surface area contributed by atoms with Crippen LogP contribution in [0.3, 0.4) is 0 Å². The average Bonchev–Trinajstić information content (AvgIpc) is 2.96. The molecule has 7 nitrogen and oxygen atoms in total. The minimum Gasteiger partial charge on any atom is -0.396 e. The molecule has 2 aromatic rings. The van der Waals surface area contributed by atoms with Crippen LogP contribution in [0.25, 0.3) is 0 Å². The summed E-state index contributed by atoms with van der Waals surface area (Å²) < 4.78 is 0. The Morgan fingerprint density at radius 3 is 2.73 bits per heavy atom. The molecule has 2 bridgehead atoms. The Kier molecular flexibility index (Phi) is 6.13. The Balaban J connectivity index is 0.00000196. The number of pyridine rings is 1. The summed E-state index contributed by atoms with van der Waals surface area (Å²) in [5.41, 5.74) is 1.41. The topological polar surface area (TPSA) is 86.2 Å². The van der Waals surface area contributed by atoms with E-state index in [2.05, 4.69) is 30.5 Å². The van der Waals surface area contributed by atoms with Gasteiger partial charge < -0.3 is 20.6 Å². The highest BCUT2D eigenvalue weighted by molar-refractivity contribution is 6.31. The lowest BCUT2D eigenvalue weighted by molar-refractivity contribution is 0.298. The SMILES string of the molecule is Cl.OCCc1ncc(Nc2nccc(N3C[C@H]4CC[C@@H](C3)N4)n2)cc1Cl. The van der Waals surface area contributed by atoms with Crippen LogP contribution in [0.4, 0.5) is 17.5 Å². The third-order valence-electron chi connectivity index (χ3n) is 4.70.